The zero-order valence-corrected chi connectivity index (χ0v) is 17.5. The van der Waals surface area contributed by atoms with E-state index in [-0.39, 0.29) is 23.2 Å². The third kappa shape index (κ3) is 3.98. The second-order valence-corrected chi connectivity index (χ2v) is 7.47. The molecule has 0 radical (unpaired) electrons. The van der Waals surface area contributed by atoms with Crippen molar-refractivity contribution < 1.29 is 19.2 Å². The SMILES string of the molecule is Cc1ccc(C)c(N2C(=O)c3ccc(C(=O)NCC(=O)Nc4cccnc4)cc3C2=O)c1. The number of fused-ring (bicyclic) bond motifs is 1. The van der Waals surface area contributed by atoms with Crippen molar-refractivity contribution in [2.75, 3.05) is 16.8 Å². The smallest absolute Gasteiger partial charge is 0.266 e. The summed E-state index contributed by atoms with van der Waals surface area (Å²) in [5, 5.41) is 5.13. The number of benzene rings is 2. The first-order chi connectivity index (χ1) is 15.3. The Morgan fingerprint density at radius 3 is 2.50 bits per heavy atom. The van der Waals surface area contributed by atoms with Crippen molar-refractivity contribution in [2.45, 2.75) is 13.8 Å². The van der Waals surface area contributed by atoms with Gasteiger partial charge in [-0.15, -0.1) is 0 Å². The predicted molar refractivity (Wildman–Crippen MR) is 119 cm³/mol. The Morgan fingerprint density at radius 2 is 1.75 bits per heavy atom. The van der Waals surface area contributed by atoms with E-state index in [1.807, 2.05) is 26.0 Å². The quantitative estimate of drug-likeness (QED) is 0.608. The standard InChI is InChI=1S/C24H20N4O4/c1-14-5-6-15(2)20(10-14)28-23(31)18-8-7-16(11-19(18)24(28)32)22(30)26-13-21(29)27-17-4-3-9-25-12-17/h3-12H,13H2,1-2H3,(H,26,30)(H,27,29). The van der Waals surface area contributed by atoms with E-state index in [4.69, 9.17) is 0 Å². The number of anilines is 2. The number of aryl methyl sites for hydroxylation is 2. The number of nitrogens with zero attached hydrogens (tertiary/aromatic N) is 2. The summed E-state index contributed by atoms with van der Waals surface area (Å²) in [4.78, 5) is 55.5. The average molecular weight is 428 g/mol. The van der Waals surface area contributed by atoms with Crippen LogP contribution in [-0.4, -0.2) is 35.2 Å². The van der Waals surface area contributed by atoms with Crippen molar-refractivity contribution in [3.63, 3.8) is 0 Å². The highest BCUT2D eigenvalue weighted by Gasteiger charge is 2.37. The highest BCUT2D eigenvalue weighted by atomic mass is 16.2. The molecule has 160 valence electrons. The van der Waals surface area contributed by atoms with Gasteiger partial charge >= 0.3 is 0 Å². The first kappa shape index (κ1) is 20.9. The van der Waals surface area contributed by atoms with Gasteiger partial charge in [-0.05, 0) is 61.4 Å². The number of amides is 4. The average Bonchev–Trinajstić information content (AvgIpc) is 3.04. The van der Waals surface area contributed by atoms with Crippen LogP contribution in [0.4, 0.5) is 11.4 Å². The fourth-order valence-electron chi connectivity index (χ4n) is 3.47. The number of pyridine rings is 1. The molecule has 0 spiro atoms. The van der Waals surface area contributed by atoms with Crippen molar-refractivity contribution in [1.29, 1.82) is 0 Å². The first-order valence-electron chi connectivity index (χ1n) is 9.93. The molecule has 1 aliphatic heterocycles. The van der Waals surface area contributed by atoms with E-state index in [1.54, 1.807) is 24.4 Å². The zero-order chi connectivity index (χ0) is 22.8. The molecule has 0 atom stereocenters. The molecule has 4 rings (SSSR count). The molecular formula is C24H20N4O4. The van der Waals surface area contributed by atoms with E-state index in [1.165, 1.54) is 24.4 Å². The molecule has 0 aliphatic carbocycles. The van der Waals surface area contributed by atoms with Crippen LogP contribution in [0.1, 0.15) is 42.2 Å². The van der Waals surface area contributed by atoms with Crippen molar-refractivity contribution in [3.05, 3.63) is 88.7 Å². The summed E-state index contributed by atoms with van der Waals surface area (Å²) in [6.45, 7) is 3.45. The zero-order valence-electron chi connectivity index (χ0n) is 17.5. The number of carbonyl (C=O) groups excluding carboxylic acids is 4. The molecule has 2 heterocycles. The lowest BCUT2D eigenvalue weighted by Gasteiger charge is -2.17. The Hall–Kier alpha value is -4.33. The van der Waals surface area contributed by atoms with Gasteiger partial charge in [-0.2, -0.15) is 0 Å². The fraction of sp³-hybridized carbons (Fsp3) is 0.125. The molecule has 1 aliphatic rings. The van der Waals surface area contributed by atoms with Crippen LogP contribution in [0.3, 0.4) is 0 Å². The molecule has 2 aromatic carbocycles. The molecular weight excluding hydrogens is 408 g/mol. The number of rotatable bonds is 5. The third-order valence-electron chi connectivity index (χ3n) is 5.11. The molecule has 0 unspecified atom stereocenters. The van der Waals surface area contributed by atoms with Gasteiger partial charge in [0.25, 0.3) is 17.7 Å². The molecule has 8 nitrogen and oxygen atoms in total. The molecule has 0 fully saturated rings. The monoisotopic (exact) mass is 428 g/mol. The van der Waals surface area contributed by atoms with Crippen LogP contribution < -0.4 is 15.5 Å². The summed E-state index contributed by atoms with van der Waals surface area (Å²) < 4.78 is 0. The lowest BCUT2D eigenvalue weighted by atomic mass is 10.1. The van der Waals surface area contributed by atoms with Gasteiger partial charge in [0.1, 0.15) is 0 Å². The minimum Gasteiger partial charge on any atom is -0.343 e. The van der Waals surface area contributed by atoms with Crippen LogP contribution in [0.25, 0.3) is 0 Å². The topological polar surface area (TPSA) is 108 Å². The number of imide groups is 1. The molecule has 4 amide bonds. The van der Waals surface area contributed by atoms with E-state index in [2.05, 4.69) is 15.6 Å². The molecule has 3 aromatic rings. The number of hydrogen-bond donors (Lipinski definition) is 2. The van der Waals surface area contributed by atoms with Crippen LogP contribution in [0, 0.1) is 13.8 Å². The minimum atomic E-state index is -0.528. The summed E-state index contributed by atoms with van der Waals surface area (Å²) in [5.41, 5.74) is 3.33. The predicted octanol–water partition coefficient (Wildman–Crippen LogP) is 2.87. The first-order valence-corrected chi connectivity index (χ1v) is 9.93. The molecule has 32 heavy (non-hydrogen) atoms. The summed E-state index contributed by atoms with van der Waals surface area (Å²) in [6.07, 6.45) is 3.07. The Morgan fingerprint density at radius 1 is 0.969 bits per heavy atom. The molecule has 2 N–H and O–H groups in total. The maximum Gasteiger partial charge on any atom is 0.266 e. The van der Waals surface area contributed by atoms with Gasteiger partial charge in [-0.3, -0.25) is 24.2 Å². The lowest BCUT2D eigenvalue weighted by molar-refractivity contribution is -0.115. The second-order valence-electron chi connectivity index (χ2n) is 7.47. The van der Waals surface area contributed by atoms with Gasteiger partial charge < -0.3 is 10.6 Å². The molecule has 1 aromatic heterocycles. The lowest BCUT2D eigenvalue weighted by Crippen LogP contribution is -2.33. The molecule has 0 bridgehead atoms. The van der Waals surface area contributed by atoms with Gasteiger partial charge in [-0.25, -0.2) is 4.90 Å². The van der Waals surface area contributed by atoms with Gasteiger partial charge in [-0.1, -0.05) is 12.1 Å². The normalized spacial score (nSPS) is 12.5. The van der Waals surface area contributed by atoms with Crippen LogP contribution in [0.5, 0.6) is 0 Å². The minimum absolute atomic E-state index is 0.156. The summed E-state index contributed by atoms with van der Waals surface area (Å²) in [6, 6.07) is 13.2. The van der Waals surface area contributed by atoms with Crippen LogP contribution in [-0.2, 0) is 4.79 Å². The van der Waals surface area contributed by atoms with Gasteiger partial charge in [0.2, 0.25) is 5.91 Å². The summed E-state index contributed by atoms with van der Waals surface area (Å²) in [5.74, 6) is -1.86. The summed E-state index contributed by atoms with van der Waals surface area (Å²) >= 11 is 0. The van der Waals surface area contributed by atoms with Gasteiger partial charge in [0.15, 0.2) is 0 Å². The van der Waals surface area contributed by atoms with E-state index >= 15 is 0 Å². The van der Waals surface area contributed by atoms with E-state index in [9.17, 15) is 19.2 Å². The van der Waals surface area contributed by atoms with Crippen LogP contribution in [0.15, 0.2) is 60.9 Å². The fourth-order valence-corrected chi connectivity index (χ4v) is 3.47. The van der Waals surface area contributed by atoms with E-state index < -0.39 is 23.6 Å². The Balaban J connectivity index is 1.49. The molecule has 0 saturated heterocycles. The number of carbonyl (C=O) groups is 4. The van der Waals surface area contributed by atoms with E-state index in [0.717, 1.165) is 16.0 Å². The highest BCUT2D eigenvalue weighted by Crippen LogP contribution is 2.31. The maximum absolute atomic E-state index is 13.0. The highest BCUT2D eigenvalue weighted by molar-refractivity contribution is 6.35. The molecule has 0 saturated carbocycles. The maximum atomic E-state index is 13.0. The largest absolute Gasteiger partial charge is 0.343 e. The van der Waals surface area contributed by atoms with Gasteiger partial charge in [0, 0.05) is 11.8 Å². The number of nitrogens with one attached hydrogen (secondary N) is 2. The summed E-state index contributed by atoms with van der Waals surface area (Å²) in [7, 11) is 0. The van der Waals surface area contributed by atoms with Crippen LogP contribution >= 0.6 is 0 Å². The van der Waals surface area contributed by atoms with Crippen molar-refractivity contribution >= 4 is 35.0 Å². The van der Waals surface area contributed by atoms with Gasteiger partial charge in [0.05, 0.1) is 35.2 Å². The third-order valence-corrected chi connectivity index (χ3v) is 5.11. The number of aromatic nitrogens is 1. The molecule has 8 heteroatoms. The van der Waals surface area contributed by atoms with Crippen LogP contribution in [0.2, 0.25) is 0 Å². The van der Waals surface area contributed by atoms with Crippen molar-refractivity contribution in [3.8, 4) is 0 Å². The Bertz CT molecular complexity index is 1250. The number of hydrogen-bond acceptors (Lipinski definition) is 5. The second kappa shape index (κ2) is 8.43. The van der Waals surface area contributed by atoms with E-state index in [0.29, 0.717) is 11.4 Å². The Kier molecular flexibility index (Phi) is 5.51. The van der Waals surface area contributed by atoms with Crippen molar-refractivity contribution in [2.24, 2.45) is 0 Å². The Labute approximate surface area is 184 Å². The van der Waals surface area contributed by atoms with Crippen molar-refractivity contribution in [1.82, 2.24) is 10.3 Å².